The van der Waals surface area contributed by atoms with Gasteiger partial charge in [-0.3, -0.25) is 4.79 Å². The van der Waals surface area contributed by atoms with Gasteiger partial charge in [-0.25, -0.2) is 0 Å². The van der Waals surface area contributed by atoms with Crippen LogP contribution in [0.1, 0.15) is 32.6 Å². The maximum atomic E-state index is 12.3. The van der Waals surface area contributed by atoms with Crippen LogP contribution in [-0.4, -0.2) is 48.8 Å². The maximum absolute atomic E-state index is 12.3. The van der Waals surface area contributed by atoms with E-state index >= 15 is 0 Å². The van der Waals surface area contributed by atoms with Crippen molar-refractivity contribution < 1.29 is 14.6 Å². The van der Waals surface area contributed by atoms with Gasteiger partial charge in [-0.15, -0.1) is 0 Å². The molecule has 1 atom stereocenters. The van der Waals surface area contributed by atoms with E-state index in [2.05, 4.69) is 6.92 Å². The minimum absolute atomic E-state index is 0.0594. The zero-order valence-electron chi connectivity index (χ0n) is 11.2. The van der Waals surface area contributed by atoms with Crippen LogP contribution in [0.25, 0.3) is 0 Å². The van der Waals surface area contributed by atoms with E-state index in [0.29, 0.717) is 19.8 Å². The summed E-state index contributed by atoms with van der Waals surface area (Å²) in [5, 5.41) is 9.58. The van der Waals surface area contributed by atoms with Crippen molar-refractivity contribution in [2.24, 2.45) is 5.41 Å². The Hall–Kier alpha value is -0.870. The van der Waals surface area contributed by atoms with Crippen molar-refractivity contribution in [2.75, 3.05) is 32.9 Å². The second kappa shape index (κ2) is 5.85. The second-order valence-corrected chi connectivity index (χ2v) is 5.44. The van der Waals surface area contributed by atoms with Crippen LogP contribution in [0.15, 0.2) is 11.6 Å². The van der Waals surface area contributed by atoms with Gasteiger partial charge in [0.2, 0.25) is 5.91 Å². The lowest BCUT2D eigenvalue weighted by Gasteiger charge is -2.27. The Kier molecular flexibility index (Phi) is 4.40. The van der Waals surface area contributed by atoms with Crippen molar-refractivity contribution in [3.63, 3.8) is 0 Å². The van der Waals surface area contributed by atoms with Crippen molar-refractivity contribution in [3.05, 3.63) is 11.6 Å². The van der Waals surface area contributed by atoms with Crippen LogP contribution in [0.4, 0.5) is 0 Å². The molecule has 1 saturated heterocycles. The molecular weight excluding hydrogens is 230 g/mol. The molecule has 0 bridgehead atoms. The Balaban J connectivity index is 1.99. The fourth-order valence-electron chi connectivity index (χ4n) is 2.98. The van der Waals surface area contributed by atoms with Crippen LogP contribution >= 0.6 is 0 Å². The van der Waals surface area contributed by atoms with Gasteiger partial charge in [0.15, 0.2) is 0 Å². The normalized spacial score (nSPS) is 28.3. The largest absolute Gasteiger partial charge is 0.396 e. The van der Waals surface area contributed by atoms with Crippen LogP contribution in [-0.2, 0) is 9.53 Å². The fourth-order valence-corrected chi connectivity index (χ4v) is 2.98. The Morgan fingerprint density at radius 3 is 3.06 bits per heavy atom. The standard InChI is InChI=1S/C14H23NO3/c1-2-5-14(11-16)6-7-15(10-14)13(17)12-3-8-18-9-4-12/h3,16H,2,4-11H2,1H3. The SMILES string of the molecule is CCCC1(CO)CCN(C(=O)C2=CCOCC2)C1. The first kappa shape index (κ1) is 13.6. The number of ether oxygens (including phenoxy) is 1. The fraction of sp³-hybridized carbons (Fsp3) is 0.786. The molecule has 4 heteroatoms. The Morgan fingerprint density at radius 1 is 1.61 bits per heavy atom. The highest BCUT2D eigenvalue weighted by molar-refractivity contribution is 5.93. The summed E-state index contributed by atoms with van der Waals surface area (Å²) in [6.45, 7) is 4.99. The van der Waals surface area contributed by atoms with Crippen molar-refractivity contribution in [2.45, 2.75) is 32.6 Å². The molecule has 0 aromatic heterocycles. The lowest BCUT2D eigenvalue weighted by molar-refractivity contribution is -0.127. The van der Waals surface area contributed by atoms with Crippen molar-refractivity contribution in [1.82, 2.24) is 4.90 Å². The number of hydrogen-bond acceptors (Lipinski definition) is 3. The molecule has 0 aromatic rings. The summed E-state index contributed by atoms with van der Waals surface area (Å²) in [7, 11) is 0. The number of carbonyl (C=O) groups is 1. The molecule has 1 fully saturated rings. The van der Waals surface area contributed by atoms with E-state index in [1.807, 2.05) is 11.0 Å². The molecule has 0 saturated carbocycles. The highest BCUT2D eigenvalue weighted by atomic mass is 16.5. The molecular formula is C14H23NO3. The first-order chi connectivity index (χ1) is 8.71. The van der Waals surface area contributed by atoms with Gasteiger partial charge in [-0.1, -0.05) is 19.4 Å². The van der Waals surface area contributed by atoms with E-state index in [-0.39, 0.29) is 17.9 Å². The van der Waals surface area contributed by atoms with Gasteiger partial charge < -0.3 is 14.7 Å². The molecule has 0 aliphatic carbocycles. The van der Waals surface area contributed by atoms with Gasteiger partial charge in [0, 0.05) is 30.5 Å². The van der Waals surface area contributed by atoms with Gasteiger partial charge in [-0.2, -0.15) is 0 Å². The second-order valence-electron chi connectivity index (χ2n) is 5.44. The molecule has 4 nitrogen and oxygen atoms in total. The molecule has 2 heterocycles. The van der Waals surface area contributed by atoms with E-state index in [9.17, 15) is 9.90 Å². The quantitative estimate of drug-likeness (QED) is 0.822. The minimum atomic E-state index is -0.0594. The van der Waals surface area contributed by atoms with Crippen LogP contribution in [0, 0.1) is 5.41 Å². The molecule has 1 N–H and O–H groups in total. The molecule has 102 valence electrons. The van der Waals surface area contributed by atoms with Crippen molar-refractivity contribution in [1.29, 1.82) is 0 Å². The highest BCUT2D eigenvalue weighted by Crippen LogP contribution is 2.35. The van der Waals surface area contributed by atoms with Gasteiger partial charge in [-0.05, 0) is 12.8 Å². The first-order valence-corrected chi connectivity index (χ1v) is 6.88. The third-order valence-electron chi connectivity index (χ3n) is 4.08. The zero-order chi connectivity index (χ0) is 13.0. The summed E-state index contributed by atoms with van der Waals surface area (Å²) in [6.07, 6.45) is 5.58. The summed E-state index contributed by atoms with van der Waals surface area (Å²) in [4.78, 5) is 14.2. The van der Waals surface area contributed by atoms with Crippen molar-refractivity contribution in [3.8, 4) is 0 Å². The van der Waals surface area contributed by atoms with Crippen LogP contribution < -0.4 is 0 Å². The maximum Gasteiger partial charge on any atom is 0.249 e. The number of nitrogens with zero attached hydrogens (tertiary/aromatic N) is 1. The molecule has 0 spiro atoms. The Morgan fingerprint density at radius 2 is 2.44 bits per heavy atom. The van der Waals surface area contributed by atoms with Crippen LogP contribution in [0.3, 0.4) is 0 Å². The topological polar surface area (TPSA) is 49.8 Å². The molecule has 2 aliphatic rings. The molecule has 0 aromatic carbocycles. The molecule has 18 heavy (non-hydrogen) atoms. The predicted octanol–water partition coefficient (Wildman–Crippen LogP) is 1.34. The molecule has 2 aliphatic heterocycles. The smallest absolute Gasteiger partial charge is 0.249 e. The summed E-state index contributed by atoms with van der Waals surface area (Å²) < 4.78 is 5.23. The van der Waals surface area contributed by atoms with Gasteiger partial charge in [0.25, 0.3) is 0 Å². The van der Waals surface area contributed by atoms with E-state index in [0.717, 1.165) is 37.8 Å². The van der Waals surface area contributed by atoms with E-state index in [4.69, 9.17) is 4.74 Å². The lowest BCUT2D eigenvalue weighted by atomic mass is 9.83. The van der Waals surface area contributed by atoms with Gasteiger partial charge in [0.1, 0.15) is 0 Å². The zero-order valence-corrected chi connectivity index (χ0v) is 11.2. The summed E-state index contributed by atoms with van der Waals surface area (Å²) >= 11 is 0. The summed E-state index contributed by atoms with van der Waals surface area (Å²) in [6, 6.07) is 0. The molecule has 1 amide bonds. The lowest BCUT2D eigenvalue weighted by Crippen LogP contribution is -2.35. The van der Waals surface area contributed by atoms with Gasteiger partial charge in [0.05, 0.1) is 19.8 Å². The average Bonchev–Trinajstić information content (AvgIpc) is 2.84. The van der Waals surface area contributed by atoms with E-state index in [1.54, 1.807) is 0 Å². The molecule has 0 radical (unpaired) electrons. The monoisotopic (exact) mass is 253 g/mol. The number of aliphatic hydroxyl groups excluding tert-OH is 1. The van der Waals surface area contributed by atoms with Gasteiger partial charge >= 0.3 is 0 Å². The number of hydrogen-bond donors (Lipinski definition) is 1. The van der Waals surface area contributed by atoms with Crippen LogP contribution in [0.5, 0.6) is 0 Å². The number of amides is 1. The number of aliphatic hydroxyl groups is 1. The summed E-state index contributed by atoms with van der Waals surface area (Å²) in [5.74, 6) is 0.143. The number of rotatable bonds is 4. The average molecular weight is 253 g/mol. The highest BCUT2D eigenvalue weighted by Gasteiger charge is 2.39. The minimum Gasteiger partial charge on any atom is -0.396 e. The van der Waals surface area contributed by atoms with E-state index in [1.165, 1.54) is 0 Å². The third kappa shape index (κ3) is 2.75. The number of carbonyl (C=O) groups excluding carboxylic acids is 1. The third-order valence-corrected chi connectivity index (χ3v) is 4.08. The van der Waals surface area contributed by atoms with E-state index < -0.39 is 0 Å². The Labute approximate surface area is 109 Å². The van der Waals surface area contributed by atoms with Crippen molar-refractivity contribution >= 4 is 5.91 Å². The summed E-state index contributed by atoms with van der Waals surface area (Å²) in [5.41, 5.74) is 0.822. The first-order valence-electron chi connectivity index (χ1n) is 6.88. The molecule has 2 rings (SSSR count). The Bertz CT molecular complexity index is 340. The predicted molar refractivity (Wildman–Crippen MR) is 69.1 cm³/mol. The number of likely N-dealkylation sites (tertiary alicyclic amines) is 1. The van der Waals surface area contributed by atoms with Crippen LogP contribution in [0.2, 0.25) is 0 Å². The molecule has 1 unspecified atom stereocenters.